The van der Waals surface area contributed by atoms with Crippen molar-refractivity contribution in [3.63, 3.8) is 0 Å². The average molecular weight is 258 g/mol. The van der Waals surface area contributed by atoms with E-state index in [1.54, 1.807) is 4.90 Å². The van der Waals surface area contributed by atoms with Crippen molar-refractivity contribution in [1.29, 1.82) is 0 Å². The molecule has 0 bridgehead atoms. The standard InChI is InChI=1S/C10H18N4O4/c11-7-1-3-14(4-2-7)10(18)13-5-8(15)12-6-9(16)17/h7H,1-6,11H2,(H,12,15)(H,13,18)(H,16,17). The van der Waals surface area contributed by atoms with Gasteiger partial charge in [0, 0.05) is 19.1 Å². The number of piperidine rings is 1. The second kappa shape index (κ2) is 6.80. The highest BCUT2D eigenvalue weighted by Gasteiger charge is 2.20. The Balaban J connectivity index is 2.20. The van der Waals surface area contributed by atoms with E-state index in [0.29, 0.717) is 13.1 Å². The molecule has 0 aromatic heterocycles. The fourth-order valence-electron chi connectivity index (χ4n) is 1.61. The van der Waals surface area contributed by atoms with Crippen LogP contribution in [-0.2, 0) is 9.59 Å². The molecule has 0 saturated carbocycles. The summed E-state index contributed by atoms with van der Waals surface area (Å²) in [4.78, 5) is 34.6. The van der Waals surface area contributed by atoms with Gasteiger partial charge < -0.3 is 26.4 Å². The van der Waals surface area contributed by atoms with E-state index < -0.39 is 18.4 Å². The van der Waals surface area contributed by atoms with Gasteiger partial charge in [0.1, 0.15) is 6.54 Å². The third-order valence-electron chi connectivity index (χ3n) is 2.66. The first-order valence-corrected chi connectivity index (χ1v) is 5.76. The first-order valence-electron chi connectivity index (χ1n) is 5.76. The number of nitrogens with zero attached hydrogens (tertiary/aromatic N) is 1. The van der Waals surface area contributed by atoms with Crippen LogP contribution in [0.25, 0.3) is 0 Å². The van der Waals surface area contributed by atoms with Crippen LogP contribution in [0.5, 0.6) is 0 Å². The molecular weight excluding hydrogens is 240 g/mol. The zero-order valence-corrected chi connectivity index (χ0v) is 10.0. The molecule has 18 heavy (non-hydrogen) atoms. The number of nitrogens with one attached hydrogen (secondary N) is 2. The van der Waals surface area contributed by atoms with Crippen molar-refractivity contribution < 1.29 is 19.5 Å². The Morgan fingerprint density at radius 3 is 2.33 bits per heavy atom. The molecule has 1 heterocycles. The van der Waals surface area contributed by atoms with E-state index in [2.05, 4.69) is 10.6 Å². The molecule has 0 atom stereocenters. The van der Waals surface area contributed by atoms with Crippen molar-refractivity contribution in [2.45, 2.75) is 18.9 Å². The second-order valence-corrected chi connectivity index (χ2v) is 4.15. The van der Waals surface area contributed by atoms with E-state index in [1.165, 1.54) is 0 Å². The highest BCUT2D eigenvalue weighted by Crippen LogP contribution is 2.07. The normalized spacial score (nSPS) is 16.2. The van der Waals surface area contributed by atoms with Crippen LogP contribution in [0.3, 0.4) is 0 Å². The van der Waals surface area contributed by atoms with Crippen molar-refractivity contribution in [3.05, 3.63) is 0 Å². The molecule has 8 heteroatoms. The number of carboxylic acid groups (broad SMARTS) is 1. The molecular formula is C10H18N4O4. The van der Waals surface area contributed by atoms with Gasteiger partial charge in [0.15, 0.2) is 0 Å². The van der Waals surface area contributed by atoms with Gasteiger partial charge in [-0.1, -0.05) is 0 Å². The lowest BCUT2D eigenvalue weighted by atomic mass is 10.1. The molecule has 102 valence electrons. The quantitative estimate of drug-likeness (QED) is 0.479. The number of amides is 3. The van der Waals surface area contributed by atoms with Crippen LogP contribution >= 0.6 is 0 Å². The van der Waals surface area contributed by atoms with Gasteiger partial charge >= 0.3 is 12.0 Å². The summed E-state index contributed by atoms with van der Waals surface area (Å²) in [7, 11) is 0. The molecule has 1 aliphatic rings. The number of aliphatic carboxylic acids is 1. The maximum absolute atomic E-state index is 11.6. The summed E-state index contributed by atoms with van der Waals surface area (Å²) in [5, 5.41) is 12.9. The van der Waals surface area contributed by atoms with E-state index in [9.17, 15) is 14.4 Å². The van der Waals surface area contributed by atoms with Crippen molar-refractivity contribution >= 4 is 17.9 Å². The molecule has 0 radical (unpaired) electrons. The van der Waals surface area contributed by atoms with Gasteiger partial charge in [0.05, 0.1) is 6.54 Å². The Hall–Kier alpha value is -1.83. The van der Waals surface area contributed by atoms with Crippen LogP contribution in [-0.4, -0.2) is 60.1 Å². The van der Waals surface area contributed by atoms with Gasteiger partial charge in [-0.05, 0) is 12.8 Å². The maximum atomic E-state index is 11.6. The average Bonchev–Trinajstić information content (AvgIpc) is 2.34. The lowest BCUT2D eigenvalue weighted by Gasteiger charge is -2.30. The SMILES string of the molecule is NC1CCN(C(=O)NCC(=O)NCC(=O)O)CC1. The zero-order chi connectivity index (χ0) is 13.5. The van der Waals surface area contributed by atoms with Crippen molar-refractivity contribution in [1.82, 2.24) is 15.5 Å². The van der Waals surface area contributed by atoms with E-state index in [-0.39, 0.29) is 18.6 Å². The minimum absolute atomic E-state index is 0.132. The predicted molar refractivity (Wildman–Crippen MR) is 62.8 cm³/mol. The molecule has 1 saturated heterocycles. The van der Waals surface area contributed by atoms with Gasteiger partial charge in [-0.15, -0.1) is 0 Å². The molecule has 5 N–H and O–H groups in total. The van der Waals surface area contributed by atoms with Crippen molar-refractivity contribution in [3.8, 4) is 0 Å². The van der Waals surface area contributed by atoms with Gasteiger partial charge in [0.25, 0.3) is 0 Å². The van der Waals surface area contributed by atoms with Crippen LogP contribution in [0.4, 0.5) is 4.79 Å². The van der Waals surface area contributed by atoms with Crippen molar-refractivity contribution in [2.24, 2.45) is 5.73 Å². The summed E-state index contributed by atoms with van der Waals surface area (Å²) >= 11 is 0. The number of hydrogen-bond donors (Lipinski definition) is 4. The van der Waals surface area contributed by atoms with Crippen LogP contribution < -0.4 is 16.4 Å². The van der Waals surface area contributed by atoms with Gasteiger partial charge in [-0.3, -0.25) is 9.59 Å². The molecule has 1 rings (SSSR count). The largest absolute Gasteiger partial charge is 0.480 e. The first-order chi connectivity index (χ1) is 8.49. The van der Waals surface area contributed by atoms with E-state index in [1.807, 2.05) is 0 Å². The molecule has 0 unspecified atom stereocenters. The van der Waals surface area contributed by atoms with Gasteiger partial charge in [-0.25, -0.2) is 4.79 Å². The van der Waals surface area contributed by atoms with E-state index in [0.717, 1.165) is 12.8 Å². The third-order valence-corrected chi connectivity index (χ3v) is 2.66. The minimum atomic E-state index is -1.13. The van der Waals surface area contributed by atoms with Crippen LogP contribution in [0.1, 0.15) is 12.8 Å². The fourth-order valence-corrected chi connectivity index (χ4v) is 1.61. The summed E-state index contributed by atoms with van der Waals surface area (Å²) in [5.41, 5.74) is 5.71. The Morgan fingerprint density at radius 2 is 1.78 bits per heavy atom. The smallest absolute Gasteiger partial charge is 0.322 e. The minimum Gasteiger partial charge on any atom is -0.480 e. The second-order valence-electron chi connectivity index (χ2n) is 4.15. The molecule has 3 amide bonds. The number of rotatable bonds is 4. The summed E-state index contributed by atoms with van der Waals surface area (Å²) < 4.78 is 0. The molecule has 1 fully saturated rings. The number of likely N-dealkylation sites (tertiary alicyclic amines) is 1. The van der Waals surface area contributed by atoms with E-state index in [4.69, 9.17) is 10.8 Å². The zero-order valence-electron chi connectivity index (χ0n) is 10.0. The molecule has 8 nitrogen and oxygen atoms in total. The topological polar surface area (TPSA) is 125 Å². The van der Waals surface area contributed by atoms with Gasteiger partial charge in [-0.2, -0.15) is 0 Å². The Morgan fingerprint density at radius 1 is 1.17 bits per heavy atom. The number of nitrogens with two attached hydrogens (primary N) is 1. The number of urea groups is 1. The predicted octanol–water partition coefficient (Wildman–Crippen LogP) is -1.68. The number of carbonyl (C=O) groups excluding carboxylic acids is 2. The molecule has 0 aromatic rings. The highest BCUT2D eigenvalue weighted by atomic mass is 16.4. The van der Waals surface area contributed by atoms with Crippen LogP contribution in [0.2, 0.25) is 0 Å². The number of carbonyl (C=O) groups is 3. The fraction of sp³-hybridized carbons (Fsp3) is 0.700. The Kier molecular flexibility index (Phi) is 5.37. The Labute approximate surface area is 104 Å². The number of carboxylic acids is 1. The summed E-state index contributed by atoms with van der Waals surface area (Å²) in [6.07, 6.45) is 1.50. The molecule has 0 aromatic carbocycles. The third kappa shape index (κ3) is 5.00. The summed E-state index contributed by atoms with van der Waals surface area (Å²) in [6, 6.07) is -0.194. The van der Waals surface area contributed by atoms with Crippen molar-refractivity contribution in [2.75, 3.05) is 26.2 Å². The lowest BCUT2D eigenvalue weighted by molar-refractivity contribution is -0.137. The first kappa shape index (κ1) is 14.2. The lowest BCUT2D eigenvalue weighted by Crippen LogP contribution is -2.49. The highest BCUT2D eigenvalue weighted by molar-refractivity contribution is 5.86. The van der Waals surface area contributed by atoms with Gasteiger partial charge in [0.2, 0.25) is 5.91 Å². The maximum Gasteiger partial charge on any atom is 0.322 e. The number of hydrogen-bond acceptors (Lipinski definition) is 4. The summed E-state index contributed by atoms with van der Waals surface area (Å²) in [6.45, 7) is 0.468. The molecule has 1 aliphatic heterocycles. The molecule has 0 aliphatic carbocycles. The Bertz CT molecular complexity index is 326. The van der Waals surface area contributed by atoms with E-state index >= 15 is 0 Å². The van der Waals surface area contributed by atoms with Crippen LogP contribution in [0, 0.1) is 0 Å². The monoisotopic (exact) mass is 258 g/mol. The van der Waals surface area contributed by atoms with Crippen LogP contribution in [0.15, 0.2) is 0 Å². The summed E-state index contributed by atoms with van der Waals surface area (Å²) in [5.74, 6) is -1.65. The molecule has 0 spiro atoms.